The predicted octanol–water partition coefficient (Wildman–Crippen LogP) is 9.42. The van der Waals surface area contributed by atoms with Crippen LogP contribution in [-0.2, 0) is 23.7 Å². The van der Waals surface area contributed by atoms with Crippen LogP contribution < -0.4 is 0 Å². The summed E-state index contributed by atoms with van der Waals surface area (Å²) in [7, 11) is 0. The fourth-order valence-electron chi connectivity index (χ4n) is 6.64. The highest BCUT2D eigenvalue weighted by Crippen LogP contribution is 2.22. The van der Waals surface area contributed by atoms with Crippen LogP contribution in [0.5, 0.6) is 0 Å². The highest BCUT2D eigenvalue weighted by molar-refractivity contribution is 5.69. The maximum absolute atomic E-state index is 12.7. The van der Waals surface area contributed by atoms with E-state index in [4.69, 9.17) is 18.9 Å². The fraction of sp³-hybridized carbons (Fsp3) is 0.886. The lowest BCUT2D eigenvalue weighted by Crippen LogP contribution is -2.59. The van der Waals surface area contributed by atoms with Gasteiger partial charge in [-0.25, -0.2) is 0 Å². The lowest BCUT2D eigenvalue weighted by molar-refractivity contribution is -0.305. The first-order valence-electron chi connectivity index (χ1n) is 21.9. The maximum atomic E-state index is 12.7. The topological polar surface area (TPSA) is 135 Å². The van der Waals surface area contributed by atoms with Crippen LogP contribution in [-0.4, -0.2) is 89.6 Å². The molecule has 0 aliphatic carbocycles. The standard InChI is InChI=1S/C44H82O9/c1-3-5-7-9-11-13-15-16-17-18-19-20-21-22-24-26-28-30-32-34-50-36-38(37-51-44-43(49)42(48)41(47)39(35-45)53-44)52-40(46)33-31-29-27-25-23-14-12-10-8-6-4-2/h13,15,17-18,38-39,41-45,47-49H,3-12,14,16,19-37H2,1-2H3/b15-13-,18-17-. The number of ether oxygens (including phenoxy) is 4. The summed E-state index contributed by atoms with van der Waals surface area (Å²) < 4.78 is 22.8. The molecule has 6 atom stereocenters. The molecule has 1 aliphatic heterocycles. The Hall–Kier alpha value is -1.33. The molecule has 9 nitrogen and oxygen atoms in total. The van der Waals surface area contributed by atoms with E-state index in [1.54, 1.807) is 0 Å². The number of carbonyl (C=O) groups is 1. The zero-order valence-electron chi connectivity index (χ0n) is 34.0. The zero-order valence-corrected chi connectivity index (χ0v) is 34.0. The summed E-state index contributed by atoms with van der Waals surface area (Å²) in [6.07, 6.45) is 33.4. The number of hydrogen-bond acceptors (Lipinski definition) is 9. The van der Waals surface area contributed by atoms with Crippen LogP contribution in [0.3, 0.4) is 0 Å². The van der Waals surface area contributed by atoms with Gasteiger partial charge in [0.05, 0.1) is 19.8 Å². The average molecular weight is 755 g/mol. The molecule has 0 bridgehead atoms. The molecule has 0 aromatic carbocycles. The van der Waals surface area contributed by atoms with Crippen LogP contribution in [0.2, 0.25) is 0 Å². The Kier molecular flexibility index (Phi) is 34.0. The van der Waals surface area contributed by atoms with Gasteiger partial charge in [-0.2, -0.15) is 0 Å². The minimum atomic E-state index is -1.53. The third-order valence-corrected chi connectivity index (χ3v) is 10.1. The van der Waals surface area contributed by atoms with E-state index in [1.807, 2.05) is 0 Å². The molecular weight excluding hydrogens is 672 g/mol. The van der Waals surface area contributed by atoms with E-state index < -0.39 is 43.4 Å². The van der Waals surface area contributed by atoms with Crippen LogP contribution in [0.4, 0.5) is 0 Å². The van der Waals surface area contributed by atoms with Gasteiger partial charge in [0.1, 0.15) is 30.5 Å². The Morgan fingerprint density at radius 1 is 0.604 bits per heavy atom. The van der Waals surface area contributed by atoms with Gasteiger partial charge < -0.3 is 39.4 Å². The molecule has 0 spiro atoms. The van der Waals surface area contributed by atoms with Gasteiger partial charge in [0.15, 0.2) is 6.29 Å². The Bertz CT molecular complexity index is 864. The largest absolute Gasteiger partial charge is 0.457 e. The van der Waals surface area contributed by atoms with Gasteiger partial charge in [0.2, 0.25) is 0 Å². The zero-order chi connectivity index (χ0) is 38.6. The number of aliphatic hydroxyl groups excluding tert-OH is 4. The molecule has 1 fully saturated rings. The summed E-state index contributed by atoms with van der Waals surface area (Å²) in [6.45, 7) is 4.53. The second-order valence-corrected chi connectivity index (χ2v) is 15.1. The third-order valence-electron chi connectivity index (χ3n) is 10.1. The molecule has 1 saturated heterocycles. The van der Waals surface area contributed by atoms with Gasteiger partial charge in [-0.15, -0.1) is 0 Å². The van der Waals surface area contributed by atoms with Crippen LogP contribution in [0.25, 0.3) is 0 Å². The lowest BCUT2D eigenvalue weighted by Gasteiger charge is -2.39. The van der Waals surface area contributed by atoms with Crippen molar-refractivity contribution in [1.29, 1.82) is 0 Å². The Balaban J connectivity index is 2.25. The molecule has 1 rings (SSSR count). The molecule has 53 heavy (non-hydrogen) atoms. The van der Waals surface area contributed by atoms with E-state index in [0.717, 1.165) is 38.5 Å². The number of hydrogen-bond donors (Lipinski definition) is 4. The van der Waals surface area contributed by atoms with Crippen LogP contribution >= 0.6 is 0 Å². The molecule has 0 saturated carbocycles. The third kappa shape index (κ3) is 27.8. The molecule has 4 N–H and O–H groups in total. The van der Waals surface area contributed by atoms with Crippen molar-refractivity contribution in [3.63, 3.8) is 0 Å². The number of allylic oxidation sites excluding steroid dienone is 4. The first kappa shape index (κ1) is 49.7. The van der Waals surface area contributed by atoms with E-state index in [0.29, 0.717) is 13.0 Å². The van der Waals surface area contributed by atoms with E-state index in [9.17, 15) is 25.2 Å². The highest BCUT2D eigenvalue weighted by atomic mass is 16.7. The first-order valence-corrected chi connectivity index (χ1v) is 21.9. The summed E-state index contributed by atoms with van der Waals surface area (Å²) >= 11 is 0. The summed E-state index contributed by atoms with van der Waals surface area (Å²) in [6, 6.07) is 0. The molecule has 312 valence electrons. The predicted molar refractivity (Wildman–Crippen MR) is 215 cm³/mol. The summed E-state index contributed by atoms with van der Waals surface area (Å²) in [4.78, 5) is 12.7. The number of esters is 1. The van der Waals surface area contributed by atoms with Crippen LogP contribution in [0, 0.1) is 0 Å². The molecule has 0 radical (unpaired) electrons. The fourth-order valence-corrected chi connectivity index (χ4v) is 6.64. The Morgan fingerprint density at radius 2 is 1.09 bits per heavy atom. The first-order chi connectivity index (χ1) is 25.9. The van der Waals surface area contributed by atoms with Crippen molar-refractivity contribution >= 4 is 5.97 Å². The molecule has 0 aromatic heterocycles. The van der Waals surface area contributed by atoms with Crippen LogP contribution in [0.1, 0.15) is 187 Å². The van der Waals surface area contributed by atoms with Crippen molar-refractivity contribution < 1.29 is 44.2 Å². The highest BCUT2D eigenvalue weighted by Gasteiger charge is 2.44. The minimum absolute atomic E-state index is 0.112. The monoisotopic (exact) mass is 755 g/mol. The van der Waals surface area contributed by atoms with Crippen molar-refractivity contribution in [2.75, 3.05) is 26.4 Å². The van der Waals surface area contributed by atoms with Gasteiger partial charge in [-0.05, 0) is 44.9 Å². The lowest BCUT2D eigenvalue weighted by atomic mass is 9.99. The van der Waals surface area contributed by atoms with Crippen molar-refractivity contribution in [2.45, 2.75) is 224 Å². The minimum Gasteiger partial charge on any atom is -0.457 e. The molecule has 9 heteroatoms. The van der Waals surface area contributed by atoms with Crippen molar-refractivity contribution in [3.05, 3.63) is 24.3 Å². The molecule has 6 unspecified atom stereocenters. The summed E-state index contributed by atoms with van der Waals surface area (Å²) in [5.74, 6) is -0.316. The van der Waals surface area contributed by atoms with Gasteiger partial charge in [0, 0.05) is 13.0 Å². The smallest absolute Gasteiger partial charge is 0.306 e. The maximum Gasteiger partial charge on any atom is 0.306 e. The second-order valence-electron chi connectivity index (χ2n) is 15.1. The Labute approximate surface area is 324 Å². The van der Waals surface area contributed by atoms with Gasteiger partial charge in [-0.3, -0.25) is 4.79 Å². The number of aliphatic hydroxyl groups is 4. The van der Waals surface area contributed by atoms with Crippen LogP contribution in [0.15, 0.2) is 24.3 Å². The number of carbonyl (C=O) groups excluding carboxylic acids is 1. The van der Waals surface area contributed by atoms with Crippen molar-refractivity contribution in [3.8, 4) is 0 Å². The van der Waals surface area contributed by atoms with E-state index in [-0.39, 0.29) is 19.2 Å². The van der Waals surface area contributed by atoms with Gasteiger partial charge >= 0.3 is 5.97 Å². The van der Waals surface area contributed by atoms with E-state index in [1.165, 1.54) is 128 Å². The van der Waals surface area contributed by atoms with Crippen molar-refractivity contribution in [1.82, 2.24) is 0 Å². The molecule has 0 aromatic rings. The molecule has 1 heterocycles. The normalized spacial score (nSPS) is 21.2. The summed E-state index contributed by atoms with van der Waals surface area (Å²) in [5.41, 5.74) is 0. The SMILES string of the molecule is CCCCCC/C=C\C/C=C\CCCCCCCCCCOCC(COC1OC(CO)C(O)C(O)C1O)OC(=O)CCCCCCCCCCCCC. The molecule has 1 aliphatic rings. The number of rotatable bonds is 37. The molecular formula is C44H82O9. The number of unbranched alkanes of at least 4 members (excludes halogenated alkanes) is 22. The van der Waals surface area contributed by atoms with Gasteiger partial charge in [-0.1, -0.05) is 160 Å². The van der Waals surface area contributed by atoms with Gasteiger partial charge in [0.25, 0.3) is 0 Å². The summed E-state index contributed by atoms with van der Waals surface area (Å²) in [5, 5.41) is 40.0. The van der Waals surface area contributed by atoms with E-state index in [2.05, 4.69) is 38.2 Å². The van der Waals surface area contributed by atoms with E-state index >= 15 is 0 Å². The van der Waals surface area contributed by atoms with Crippen molar-refractivity contribution in [2.24, 2.45) is 0 Å². The Morgan fingerprint density at radius 3 is 1.64 bits per heavy atom. The quantitative estimate of drug-likeness (QED) is 0.0278. The average Bonchev–Trinajstić information content (AvgIpc) is 3.16. The second kappa shape index (κ2) is 36.3. The molecule has 0 amide bonds.